The third-order valence-corrected chi connectivity index (χ3v) is 6.02. The van der Waals surface area contributed by atoms with E-state index in [1.165, 1.54) is 29.5 Å². The molecule has 4 rings (SSSR count). The summed E-state index contributed by atoms with van der Waals surface area (Å²) in [4.78, 5) is 12.7. The maximum absolute atomic E-state index is 14.7. The molecule has 1 N–H and O–H groups in total. The zero-order chi connectivity index (χ0) is 21.8. The topological polar surface area (TPSA) is 70.3 Å². The Bertz CT molecular complexity index is 979. The zero-order valence-corrected chi connectivity index (χ0v) is 17.4. The lowest BCUT2D eigenvalue weighted by Crippen LogP contribution is -2.57. The molecule has 0 aliphatic carbocycles. The second-order valence-electron chi connectivity index (χ2n) is 7.95. The first-order chi connectivity index (χ1) is 15.0. The monoisotopic (exact) mass is 428 g/mol. The van der Waals surface area contributed by atoms with E-state index >= 15 is 0 Å². The molecule has 1 aliphatic rings. The molecule has 1 saturated heterocycles. The molecular weight excluding hydrogens is 402 g/mol. The van der Waals surface area contributed by atoms with E-state index in [0.717, 1.165) is 31.4 Å². The van der Waals surface area contributed by atoms with Crippen molar-refractivity contribution in [2.24, 2.45) is 0 Å². The summed E-state index contributed by atoms with van der Waals surface area (Å²) in [5.74, 6) is -1.46. The predicted molar refractivity (Wildman–Crippen MR) is 111 cm³/mol. The molecule has 2 unspecified atom stereocenters. The van der Waals surface area contributed by atoms with Crippen LogP contribution in [0, 0.1) is 11.6 Å². The molecule has 164 valence electrons. The van der Waals surface area contributed by atoms with E-state index in [-0.39, 0.29) is 12.1 Å². The van der Waals surface area contributed by atoms with Gasteiger partial charge in [0.2, 0.25) is 0 Å². The summed E-state index contributed by atoms with van der Waals surface area (Å²) in [6, 6.07) is 8.73. The van der Waals surface area contributed by atoms with Crippen LogP contribution in [0.3, 0.4) is 0 Å². The lowest BCUT2D eigenvalue weighted by Gasteiger charge is -2.44. The molecule has 2 aromatic heterocycles. The van der Waals surface area contributed by atoms with Gasteiger partial charge in [-0.2, -0.15) is 5.10 Å². The Balaban J connectivity index is 1.51. The maximum Gasteiger partial charge on any atom is 0.137 e. The normalized spacial score (nSPS) is 18.6. The van der Waals surface area contributed by atoms with Crippen LogP contribution in [0.4, 0.5) is 8.78 Å². The van der Waals surface area contributed by atoms with Gasteiger partial charge in [-0.05, 0) is 25.1 Å². The van der Waals surface area contributed by atoms with Gasteiger partial charge in [0.1, 0.15) is 29.9 Å². The summed E-state index contributed by atoms with van der Waals surface area (Å²) in [6.07, 6.45) is 4.63. The Morgan fingerprint density at radius 2 is 1.94 bits per heavy atom. The molecule has 1 aromatic carbocycles. The van der Waals surface area contributed by atoms with E-state index in [4.69, 9.17) is 0 Å². The molecule has 1 aliphatic heterocycles. The van der Waals surface area contributed by atoms with E-state index in [0.29, 0.717) is 13.1 Å². The van der Waals surface area contributed by atoms with Crippen LogP contribution in [0.2, 0.25) is 0 Å². The molecule has 2 atom stereocenters. The third kappa shape index (κ3) is 4.79. The molecule has 7 nitrogen and oxygen atoms in total. The van der Waals surface area contributed by atoms with Crippen molar-refractivity contribution >= 4 is 0 Å². The van der Waals surface area contributed by atoms with Gasteiger partial charge in [-0.15, -0.1) is 0 Å². The van der Waals surface area contributed by atoms with E-state index in [1.54, 1.807) is 6.20 Å². The predicted octanol–water partition coefficient (Wildman–Crippen LogP) is 2.05. The van der Waals surface area contributed by atoms with Gasteiger partial charge in [0.05, 0.1) is 12.2 Å². The quantitative estimate of drug-likeness (QED) is 0.621. The van der Waals surface area contributed by atoms with Gasteiger partial charge < -0.3 is 5.11 Å². The fourth-order valence-corrected chi connectivity index (χ4v) is 4.18. The van der Waals surface area contributed by atoms with Gasteiger partial charge in [0.15, 0.2) is 0 Å². The first-order valence-corrected chi connectivity index (χ1v) is 10.3. The summed E-state index contributed by atoms with van der Waals surface area (Å²) >= 11 is 0. The summed E-state index contributed by atoms with van der Waals surface area (Å²) in [5, 5.41) is 15.8. The average Bonchev–Trinajstić information content (AvgIpc) is 3.27. The number of rotatable bonds is 7. The number of hydrogen-bond donors (Lipinski definition) is 1. The number of aliphatic hydroxyl groups is 1. The molecule has 0 amide bonds. The third-order valence-electron chi connectivity index (χ3n) is 6.02. The first kappa shape index (κ1) is 21.5. The van der Waals surface area contributed by atoms with E-state index < -0.39 is 23.3 Å². The van der Waals surface area contributed by atoms with Crippen LogP contribution >= 0.6 is 0 Å². The Labute approximate surface area is 180 Å². The first-order valence-electron chi connectivity index (χ1n) is 10.3. The highest BCUT2D eigenvalue weighted by molar-refractivity contribution is 5.27. The van der Waals surface area contributed by atoms with Gasteiger partial charge in [-0.3, -0.25) is 14.8 Å². The average molecular weight is 428 g/mol. The number of piperazine rings is 1. The fraction of sp³-hybridized carbons (Fsp3) is 0.409. The summed E-state index contributed by atoms with van der Waals surface area (Å²) in [5.41, 5.74) is -0.554. The number of hydrogen-bond acceptors (Lipinski definition) is 6. The Morgan fingerprint density at radius 3 is 2.58 bits per heavy atom. The molecule has 0 saturated carbocycles. The smallest absolute Gasteiger partial charge is 0.137 e. The maximum atomic E-state index is 14.7. The van der Waals surface area contributed by atoms with Crippen molar-refractivity contribution in [3.63, 3.8) is 0 Å². The summed E-state index contributed by atoms with van der Waals surface area (Å²) in [6.45, 7) is 5.64. The zero-order valence-electron chi connectivity index (χ0n) is 17.4. The highest BCUT2D eigenvalue weighted by Crippen LogP contribution is 2.33. The molecule has 3 heterocycles. The van der Waals surface area contributed by atoms with Crippen LogP contribution in [0.5, 0.6) is 0 Å². The molecule has 9 heteroatoms. The highest BCUT2D eigenvalue weighted by atomic mass is 19.1. The van der Waals surface area contributed by atoms with Gasteiger partial charge >= 0.3 is 0 Å². The standard InChI is InChI=1S/C22H26F2N6O/c1-17(29-10-8-28(9-11-29)13-19-4-2-3-7-26-19)22(31,14-30-16-25-15-27-30)20-6-5-18(23)12-21(20)24/h2-7,12,15-17,31H,8-11,13-14H2,1H3. The van der Waals surface area contributed by atoms with E-state index in [1.807, 2.05) is 25.1 Å². The Morgan fingerprint density at radius 1 is 1.13 bits per heavy atom. The van der Waals surface area contributed by atoms with Gasteiger partial charge in [0, 0.05) is 56.6 Å². The highest BCUT2D eigenvalue weighted by Gasteiger charge is 2.42. The van der Waals surface area contributed by atoms with Crippen LogP contribution < -0.4 is 0 Å². The second-order valence-corrected chi connectivity index (χ2v) is 7.95. The van der Waals surface area contributed by atoms with Crippen LogP contribution in [0.15, 0.2) is 55.2 Å². The number of aromatic nitrogens is 4. The minimum absolute atomic E-state index is 0.00483. The number of nitrogens with zero attached hydrogens (tertiary/aromatic N) is 6. The molecule has 3 aromatic rings. The summed E-state index contributed by atoms with van der Waals surface area (Å²) in [7, 11) is 0. The lowest BCUT2D eigenvalue weighted by atomic mass is 9.85. The number of benzene rings is 1. The SMILES string of the molecule is CC(N1CCN(Cc2ccccn2)CC1)C(O)(Cn1cncn1)c1ccc(F)cc1F. The van der Waals surface area contributed by atoms with Crippen molar-refractivity contribution in [1.82, 2.24) is 29.5 Å². The Kier molecular flexibility index (Phi) is 6.35. The molecule has 0 spiro atoms. The minimum Gasteiger partial charge on any atom is -0.381 e. The largest absolute Gasteiger partial charge is 0.381 e. The molecular formula is C22H26F2N6O. The van der Waals surface area contributed by atoms with Crippen molar-refractivity contribution in [3.8, 4) is 0 Å². The van der Waals surface area contributed by atoms with Crippen molar-refractivity contribution in [1.29, 1.82) is 0 Å². The van der Waals surface area contributed by atoms with Crippen molar-refractivity contribution in [3.05, 3.63) is 78.1 Å². The van der Waals surface area contributed by atoms with Crippen LogP contribution in [0.1, 0.15) is 18.2 Å². The molecule has 31 heavy (non-hydrogen) atoms. The Hall–Kier alpha value is -2.75. The van der Waals surface area contributed by atoms with Crippen LogP contribution in [-0.2, 0) is 18.7 Å². The summed E-state index contributed by atoms with van der Waals surface area (Å²) < 4.78 is 29.7. The van der Waals surface area contributed by atoms with Crippen LogP contribution in [0.25, 0.3) is 0 Å². The lowest BCUT2D eigenvalue weighted by molar-refractivity contribution is -0.0743. The molecule has 0 radical (unpaired) electrons. The minimum atomic E-state index is -1.62. The molecule has 1 fully saturated rings. The van der Waals surface area contributed by atoms with Gasteiger partial charge in [-0.1, -0.05) is 12.1 Å². The van der Waals surface area contributed by atoms with Crippen molar-refractivity contribution in [2.45, 2.75) is 31.7 Å². The number of halogens is 2. The van der Waals surface area contributed by atoms with Crippen LogP contribution in [-0.4, -0.2) is 66.9 Å². The van der Waals surface area contributed by atoms with Crippen molar-refractivity contribution < 1.29 is 13.9 Å². The fourth-order valence-electron chi connectivity index (χ4n) is 4.18. The van der Waals surface area contributed by atoms with Crippen molar-refractivity contribution in [2.75, 3.05) is 26.2 Å². The van der Waals surface area contributed by atoms with Gasteiger partial charge in [0.25, 0.3) is 0 Å². The van der Waals surface area contributed by atoms with E-state index in [2.05, 4.69) is 24.9 Å². The molecule has 0 bridgehead atoms. The van der Waals surface area contributed by atoms with E-state index in [9.17, 15) is 13.9 Å². The number of pyridine rings is 1. The van der Waals surface area contributed by atoms with Gasteiger partial charge in [-0.25, -0.2) is 18.4 Å². The second kappa shape index (κ2) is 9.17.